The van der Waals surface area contributed by atoms with Crippen LogP contribution in [-0.2, 0) is 14.3 Å². The van der Waals surface area contributed by atoms with Crippen molar-refractivity contribution in [2.24, 2.45) is 0 Å². The molecule has 1 aromatic carbocycles. The van der Waals surface area contributed by atoms with E-state index in [1.165, 1.54) is 23.5 Å². The van der Waals surface area contributed by atoms with E-state index in [0.717, 1.165) is 48.5 Å². The largest absolute Gasteiger partial charge is 0.377 e. The number of halogens is 1. The zero-order chi connectivity index (χ0) is 20.4. The second kappa shape index (κ2) is 8.47. The Labute approximate surface area is 174 Å². The minimum absolute atomic E-state index is 0.0151. The summed E-state index contributed by atoms with van der Waals surface area (Å²) in [7, 11) is 1.72. The average Bonchev–Trinajstić information content (AvgIpc) is 3.31. The molecule has 0 bridgehead atoms. The minimum atomic E-state index is -0.282. The summed E-state index contributed by atoms with van der Waals surface area (Å²) in [5.41, 5.74) is 1.42. The number of benzene rings is 1. The van der Waals surface area contributed by atoms with E-state index in [2.05, 4.69) is 15.2 Å². The Hall–Kier alpha value is -1.87. The molecular formula is C21H26FN3O3S. The smallest absolute Gasteiger partial charge is 0.240 e. The maximum Gasteiger partial charge on any atom is 0.240 e. The number of aryl methyl sites for hydroxylation is 1. The number of methoxy groups -OCH3 is 1. The molecule has 156 valence electrons. The number of piperidine rings is 1. The Morgan fingerprint density at radius 3 is 2.90 bits per heavy atom. The average molecular weight is 420 g/mol. The second-order valence-corrected chi connectivity index (χ2v) is 8.91. The van der Waals surface area contributed by atoms with Crippen molar-refractivity contribution < 1.29 is 18.7 Å². The van der Waals surface area contributed by atoms with Gasteiger partial charge >= 0.3 is 0 Å². The fourth-order valence-corrected chi connectivity index (χ4v) is 5.14. The van der Waals surface area contributed by atoms with E-state index in [1.54, 1.807) is 19.2 Å². The molecule has 2 aliphatic heterocycles. The lowest BCUT2D eigenvalue weighted by Crippen LogP contribution is -2.57. The second-order valence-electron chi connectivity index (χ2n) is 7.71. The van der Waals surface area contributed by atoms with Gasteiger partial charge in [0.2, 0.25) is 5.91 Å². The molecular weight excluding hydrogens is 393 g/mol. The monoisotopic (exact) mass is 419 g/mol. The van der Waals surface area contributed by atoms with Gasteiger partial charge in [0.05, 0.1) is 23.9 Å². The Bertz CT molecular complexity index is 865. The molecule has 1 spiro atoms. The molecule has 2 aliphatic rings. The van der Waals surface area contributed by atoms with Crippen LogP contribution in [0.25, 0.3) is 11.3 Å². The predicted molar refractivity (Wildman–Crippen MR) is 111 cm³/mol. The molecule has 1 N–H and O–H groups in total. The highest BCUT2D eigenvalue weighted by atomic mass is 32.1. The van der Waals surface area contributed by atoms with Crippen molar-refractivity contribution in [1.82, 2.24) is 9.88 Å². The summed E-state index contributed by atoms with van der Waals surface area (Å²) in [4.78, 5) is 20.2. The van der Waals surface area contributed by atoms with Gasteiger partial charge in [0.15, 0.2) is 5.13 Å². The highest BCUT2D eigenvalue weighted by Gasteiger charge is 2.46. The van der Waals surface area contributed by atoms with Crippen molar-refractivity contribution in [3.8, 4) is 11.3 Å². The number of likely N-dealkylation sites (tertiary alicyclic amines) is 1. The van der Waals surface area contributed by atoms with E-state index in [1.807, 2.05) is 6.92 Å². The van der Waals surface area contributed by atoms with E-state index in [-0.39, 0.29) is 23.4 Å². The highest BCUT2D eigenvalue weighted by molar-refractivity contribution is 7.16. The summed E-state index contributed by atoms with van der Waals surface area (Å²) in [5, 5.41) is 3.46. The van der Waals surface area contributed by atoms with Crippen molar-refractivity contribution in [2.45, 2.75) is 37.9 Å². The van der Waals surface area contributed by atoms with E-state index in [9.17, 15) is 9.18 Å². The molecule has 4 rings (SSSR count). The normalized spacial score (nSPS) is 24.9. The molecule has 6 nitrogen and oxygen atoms in total. The van der Waals surface area contributed by atoms with Crippen LogP contribution in [0.5, 0.6) is 0 Å². The van der Waals surface area contributed by atoms with Crippen molar-refractivity contribution in [1.29, 1.82) is 0 Å². The van der Waals surface area contributed by atoms with Crippen LogP contribution in [0.15, 0.2) is 24.3 Å². The number of aromatic nitrogens is 1. The van der Waals surface area contributed by atoms with Crippen LogP contribution in [0.3, 0.4) is 0 Å². The van der Waals surface area contributed by atoms with Crippen LogP contribution in [0.1, 0.15) is 24.1 Å². The van der Waals surface area contributed by atoms with Crippen molar-refractivity contribution in [3.63, 3.8) is 0 Å². The van der Waals surface area contributed by atoms with Crippen LogP contribution >= 0.6 is 11.3 Å². The summed E-state index contributed by atoms with van der Waals surface area (Å²) >= 11 is 1.42. The molecule has 1 amide bonds. The molecule has 0 unspecified atom stereocenters. The van der Waals surface area contributed by atoms with Gasteiger partial charge in [-0.05, 0) is 50.5 Å². The summed E-state index contributed by atoms with van der Waals surface area (Å²) in [5.74, 6) is -0.376. The van der Waals surface area contributed by atoms with Gasteiger partial charge in [0.1, 0.15) is 5.82 Å². The summed E-state index contributed by atoms with van der Waals surface area (Å²) in [6.45, 7) is 4.52. The molecule has 1 aromatic heterocycles. The Morgan fingerprint density at radius 2 is 2.21 bits per heavy atom. The van der Waals surface area contributed by atoms with E-state index < -0.39 is 0 Å². The predicted octanol–water partition coefficient (Wildman–Crippen LogP) is 3.47. The van der Waals surface area contributed by atoms with Crippen LogP contribution in [0.4, 0.5) is 9.52 Å². The van der Waals surface area contributed by atoms with Gasteiger partial charge in [0, 0.05) is 37.2 Å². The zero-order valence-electron chi connectivity index (χ0n) is 16.7. The number of carbonyl (C=O) groups excluding carboxylic acids is 1. The molecule has 8 heteroatoms. The number of nitrogens with one attached hydrogen (secondary N) is 1. The number of hydrogen-bond donors (Lipinski definition) is 1. The Kier molecular flexibility index (Phi) is 5.96. The van der Waals surface area contributed by atoms with E-state index >= 15 is 0 Å². The molecule has 2 fully saturated rings. The van der Waals surface area contributed by atoms with Crippen LogP contribution in [0.2, 0.25) is 0 Å². The number of amides is 1. The first-order chi connectivity index (χ1) is 14.0. The first kappa shape index (κ1) is 20.4. The lowest BCUT2D eigenvalue weighted by Gasteiger charge is -2.44. The molecule has 2 aromatic rings. The quantitative estimate of drug-likeness (QED) is 0.804. The number of thiazole rings is 1. The third-order valence-corrected chi connectivity index (χ3v) is 6.69. The Morgan fingerprint density at radius 1 is 1.41 bits per heavy atom. The number of carbonyl (C=O) groups is 1. The minimum Gasteiger partial charge on any atom is -0.377 e. The van der Waals surface area contributed by atoms with Gasteiger partial charge in [0.25, 0.3) is 0 Å². The van der Waals surface area contributed by atoms with Gasteiger partial charge in [-0.1, -0.05) is 0 Å². The fraction of sp³-hybridized carbons (Fsp3) is 0.524. The van der Waals surface area contributed by atoms with E-state index in [4.69, 9.17) is 9.47 Å². The standard InChI is InChI=1S/C21H26FN3O3S/c1-14-19(15-4-6-16(22)7-5-15)24-20(29-14)23-18(26)13-25-10-9-21(8-3-11-28-21)17(12-25)27-2/h4-7,17H,3,8-13H2,1-2H3,(H,23,24,26)/t17-,21-/m1/s1. The molecule has 29 heavy (non-hydrogen) atoms. The Balaban J connectivity index is 1.37. The number of hydrogen-bond acceptors (Lipinski definition) is 6. The van der Waals surface area contributed by atoms with Crippen LogP contribution in [-0.4, -0.2) is 60.8 Å². The van der Waals surface area contributed by atoms with Gasteiger partial charge < -0.3 is 14.8 Å². The molecule has 2 atom stereocenters. The molecule has 0 saturated carbocycles. The molecule has 0 aliphatic carbocycles. The summed E-state index contributed by atoms with van der Waals surface area (Å²) in [6.07, 6.45) is 2.96. The van der Waals surface area contributed by atoms with Crippen molar-refractivity contribution >= 4 is 22.4 Å². The third kappa shape index (κ3) is 4.35. The molecule has 0 radical (unpaired) electrons. The van der Waals surface area contributed by atoms with Gasteiger partial charge in [-0.2, -0.15) is 0 Å². The topological polar surface area (TPSA) is 63.7 Å². The first-order valence-corrected chi connectivity index (χ1v) is 10.7. The van der Waals surface area contributed by atoms with Gasteiger partial charge in [-0.3, -0.25) is 9.69 Å². The highest BCUT2D eigenvalue weighted by Crippen LogP contribution is 2.37. The van der Waals surface area contributed by atoms with E-state index in [0.29, 0.717) is 18.2 Å². The molecule has 3 heterocycles. The van der Waals surface area contributed by atoms with Gasteiger partial charge in [-0.15, -0.1) is 11.3 Å². The van der Waals surface area contributed by atoms with Crippen molar-refractivity contribution in [2.75, 3.05) is 38.7 Å². The summed E-state index contributed by atoms with van der Waals surface area (Å²) < 4.78 is 24.9. The summed E-state index contributed by atoms with van der Waals surface area (Å²) in [6, 6.07) is 6.22. The fourth-order valence-electron chi connectivity index (χ4n) is 4.29. The number of rotatable bonds is 5. The van der Waals surface area contributed by atoms with Crippen molar-refractivity contribution in [3.05, 3.63) is 35.0 Å². The number of ether oxygens (including phenoxy) is 2. The number of anilines is 1. The number of nitrogens with zero attached hydrogens (tertiary/aromatic N) is 2. The van der Waals surface area contributed by atoms with Gasteiger partial charge in [-0.25, -0.2) is 9.37 Å². The van der Waals surface area contributed by atoms with Crippen LogP contribution in [0, 0.1) is 12.7 Å². The third-order valence-electron chi connectivity index (χ3n) is 5.81. The maximum atomic E-state index is 13.2. The lowest BCUT2D eigenvalue weighted by molar-refractivity contribution is -0.145. The zero-order valence-corrected chi connectivity index (χ0v) is 17.6. The first-order valence-electron chi connectivity index (χ1n) is 9.91. The SMILES string of the molecule is CO[C@@H]1CN(CC(=O)Nc2nc(-c3ccc(F)cc3)c(C)s2)CC[C@]12CCCO2. The maximum absolute atomic E-state index is 13.2. The lowest BCUT2D eigenvalue weighted by atomic mass is 9.86. The molecule has 2 saturated heterocycles. The van der Waals surface area contributed by atoms with Crippen LogP contribution < -0.4 is 5.32 Å².